The number of carbonyl (C=O) groups excluding carboxylic acids is 1. The zero-order valence-electron chi connectivity index (χ0n) is 11.2. The Morgan fingerprint density at radius 2 is 2.00 bits per heavy atom. The Hall–Kier alpha value is -2.16. The van der Waals surface area contributed by atoms with Crippen molar-refractivity contribution in [1.82, 2.24) is 4.98 Å². The number of hydrogen-bond acceptors (Lipinski definition) is 3. The molecule has 19 heavy (non-hydrogen) atoms. The molecule has 1 heterocycles. The molecule has 0 fully saturated rings. The number of ether oxygens (including phenoxy) is 1. The summed E-state index contributed by atoms with van der Waals surface area (Å²) in [5, 5.41) is 0. The highest BCUT2D eigenvalue weighted by molar-refractivity contribution is 5.79. The Labute approximate surface area is 113 Å². The predicted molar refractivity (Wildman–Crippen MR) is 74.8 cm³/mol. The van der Waals surface area contributed by atoms with Gasteiger partial charge in [0, 0.05) is 18.3 Å². The Balaban J connectivity index is 2.20. The summed E-state index contributed by atoms with van der Waals surface area (Å²) in [7, 11) is 1.56. The van der Waals surface area contributed by atoms with Gasteiger partial charge in [-0.1, -0.05) is 19.1 Å². The van der Waals surface area contributed by atoms with Gasteiger partial charge in [0.15, 0.2) is 6.29 Å². The van der Waals surface area contributed by atoms with E-state index < -0.39 is 0 Å². The molecule has 0 aliphatic rings. The SMILES string of the molecule is CCc1ccc(Cc2ccc(OC)c(C=O)c2)nc1. The van der Waals surface area contributed by atoms with Crippen molar-refractivity contribution in [2.75, 3.05) is 7.11 Å². The molecule has 3 heteroatoms. The summed E-state index contributed by atoms with van der Waals surface area (Å²) in [5.41, 5.74) is 3.86. The van der Waals surface area contributed by atoms with Crippen LogP contribution < -0.4 is 4.74 Å². The second-order valence-corrected chi connectivity index (χ2v) is 4.38. The molecule has 0 saturated heterocycles. The number of methoxy groups -OCH3 is 1. The number of aromatic nitrogens is 1. The minimum absolute atomic E-state index is 0.574. The first kappa shape index (κ1) is 13.3. The summed E-state index contributed by atoms with van der Waals surface area (Å²) in [6.07, 6.45) is 4.43. The molecule has 0 bridgehead atoms. The van der Waals surface area contributed by atoms with Crippen LogP contribution >= 0.6 is 0 Å². The van der Waals surface area contributed by atoms with Crippen LogP contribution in [0.5, 0.6) is 5.75 Å². The van der Waals surface area contributed by atoms with Crippen LogP contribution in [-0.4, -0.2) is 18.4 Å². The average Bonchev–Trinajstić information content (AvgIpc) is 2.48. The van der Waals surface area contributed by atoms with E-state index in [0.29, 0.717) is 11.3 Å². The third-order valence-electron chi connectivity index (χ3n) is 3.10. The molecule has 98 valence electrons. The first-order chi connectivity index (χ1) is 9.26. The summed E-state index contributed by atoms with van der Waals surface area (Å²) < 4.78 is 5.12. The highest BCUT2D eigenvalue weighted by Crippen LogP contribution is 2.19. The molecular formula is C16H17NO2. The normalized spacial score (nSPS) is 10.2. The van der Waals surface area contributed by atoms with Crippen molar-refractivity contribution < 1.29 is 9.53 Å². The Bertz CT molecular complexity index is 561. The standard InChI is InChI=1S/C16H17NO2/c1-3-12-4-6-15(17-10-12)9-13-5-7-16(19-2)14(8-13)11-18/h4-8,10-11H,3,9H2,1-2H3. The molecule has 0 amide bonds. The smallest absolute Gasteiger partial charge is 0.153 e. The molecule has 0 aliphatic heterocycles. The van der Waals surface area contributed by atoms with Gasteiger partial charge in [-0.05, 0) is 35.7 Å². The molecule has 0 radical (unpaired) electrons. The van der Waals surface area contributed by atoms with E-state index in [2.05, 4.69) is 18.0 Å². The van der Waals surface area contributed by atoms with E-state index in [4.69, 9.17) is 4.74 Å². The number of nitrogens with zero attached hydrogens (tertiary/aromatic N) is 1. The first-order valence-electron chi connectivity index (χ1n) is 6.32. The lowest BCUT2D eigenvalue weighted by atomic mass is 10.1. The highest BCUT2D eigenvalue weighted by Gasteiger charge is 2.04. The van der Waals surface area contributed by atoms with Crippen LogP contribution in [0.15, 0.2) is 36.5 Å². The van der Waals surface area contributed by atoms with Crippen LogP contribution in [0.1, 0.15) is 34.1 Å². The largest absolute Gasteiger partial charge is 0.496 e. The van der Waals surface area contributed by atoms with Gasteiger partial charge in [-0.25, -0.2) is 0 Å². The molecular weight excluding hydrogens is 238 g/mol. The minimum atomic E-state index is 0.574. The molecule has 1 aromatic carbocycles. The fraction of sp³-hybridized carbons (Fsp3) is 0.250. The molecule has 0 N–H and O–H groups in total. The average molecular weight is 255 g/mol. The predicted octanol–water partition coefficient (Wildman–Crippen LogP) is 3.06. The van der Waals surface area contributed by atoms with E-state index >= 15 is 0 Å². The number of benzene rings is 1. The number of aryl methyl sites for hydroxylation is 1. The Kier molecular flexibility index (Phi) is 4.29. The van der Waals surface area contributed by atoms with Crippen molar-refractivity contribution in [2.45, 2.75) is 19.8 Å². The lowest BCUT2D eigenvalue weighted by molar-refractivity contribution is 0.112. The zero-order valence-corrected chi connectivity index (χ0v) is 11.2. The zero-order chi connectivity index (χ0) is 13.7. The number of pyridine rings is 1. The van der Waals surface area contributed by atoms with Crippen LogP contribution in [0.25, 0.3) is 0 Å². The van der Waals surface area contributed by atoms with Gasteiger partial charge in [-0.3, -0.25) is 9.78 Å². The number of hydrogen-bond donors (Lipinski definition) is 0. The van der Waals surface area contributed by atoms with E-state index in [1.165, 1.54) is 5.56 Å². The first-order valence-corrected chi connectivity index (χ1v) is 6.32. The summed E-state index contributed by atoms with van der Waals surface area (Å²) in [4.78, 5) is 15.4. The third-order valence-corrected chi connectivity index (χ3v) is 3.10. The third kappa shape index (κ3) is 3.19. The highest BCUT2D eigenvalue weighted by atomic mass is 16.5. The van der Waals surface area contributed by atoms with E-state index in [9.17, 15) is 4.79 Å². The van der Waals surface area contributed by atoms with Crippen molar-refractivity contribution in [3.63, 3.8) is 0 Å². The molecule has 0 spiro atoms. The topological polar surface area (TPSA) is 39.2 Å². The lowest BCUT2D eigenvalue weighted by Gasteiger charge is -2.07. The van der Waals surface area contributed by atoms with Crippen LogP contribution in [0, 0.1) is 0 Å². The monoisotopic (exact) mass is 255 g/mol. The maximum atomic E-state index is 11.0. The van der Waals surface area contributed by atoms with Gasteiger partial charge < -0.3 is 4.74 Å². The summed E-state index contributed by atoms with van der Waals surface area (Å²) in [6, 6.07) is 9.75. The molecule has 0 saturated carbocycles. The van der Waals surface area contributed by atoms with E-state index in [-0.39, 0.29) is 0 Å². The maximum Gasteiger partial charge on any atom is 0.153 e. The maximum absolute atomic E-state index is 11.0. The molecule has 2 rings (SSSR count). The van der Waals surface area contributed by atoms with Crippen LogP contribution in [0.2, 0.25) is 0 Å². The Morgan fingerprint density at radius 3 is 2.58 bits per heavy atom. The molecule has 0 unspecified atom stereocenters. The molecule has 3 nitrogen and oxygen atoms in total. The molecule has 2 aromatic rings. The van der Waals surface area contributed by atoms with Gasteiger partial charge in [0.25, 0.3) is 0 Å². The van der Waals surface area contributed by atoms with Gasteiger partial charge in [-0.2, -0.15) is 0 Å². The molecule has 0 atom stereocenters. The van der Waals surface area contributed by atoms with Gasteiger partial charge >= 0.3 is 0 Å². The van der Waals surface area contributed by atoms with Crippen LogP contribution in [0.4, 0.5) is 0 Å². The molecule has 0 aliphatic carbocycles. The second-order valence-electron chi connectivity index (χ2n) is 4.38. The number of aldehydes is 1. The second kappa shape index (κ2) is 6.14. The van der Waals surface area contributed by atoms with E-state index in [1.54, 1.807) is 7.11 Å². The van der Waals surface area contributed by atoms with E-state index in [1.807, 2.05) is 30.5 Å². The van der Waals surface area contributed by atoms with Crippen molar-refractivity contribution in [1.29, 1.82) is 0 Å². The summed E-state index contributed by atoms with van der Waals surface area (Å²) >= 11 is 0. The fourth-order valence-electron chi connectivity index (χ4n) is 1.96. The van der Waals surface area contributed by atoms with Crippen LogP contribution in [0.3, 0.4) is 0 Å². The Morgan fingerprint density at radius 1 is 1.21 bits per heavy atom. The lowest BCUT2D eigenvalue weighted by Crippen LogP contribution is -1.96. The quantitative estimate of drug-likeness (QED) is 0.771. The number of carbonyl (C=O) groups is 1. The number of rotatable bonds is 5. The minimum Gasteiger partial charge on any atom is -0.496 e. The van der Waals surface area contributed by atoms with E-state index in [0.717, 1.165) is 30.4 Å². The van der Waals surface area contributed by atoms with Crippen molar-refractivity contribution in [3.8, 4) is 5.75 Å². The van der Waals surface area contributed by atoms with Gasteiger partial charge in [-0.15, -0.1) is 0 Å². The van der Waals surface area contributed by atoms with Crippen LogP contribution in [-0.2, 0) is 12.8 Å². The van der Waals surface area contributed by atoms with Crippen molar-refractivity contribution in [2.24, 2.45) is 0 Å². The summed E-state index contributed by atoms with van der Waals surface area (Å²) in [5.74, 6) is 0.605. The fourth-order valence-corrected chi connectivity index (χ4v) is 1.96. The van der Waals surface area contributed by atoms with Crippen molar-refractivity contribution >= 4 is 6.29 Å². The van der Waals surface area contributed by atoms with Gasteiger partial charge in [0.05, 0.1) is 12.7 Å². The van der Waals surface area contributed by atoms with Gasteiger partial charge in [0.2, 0.25) is 0 Å². The van der Waals surface area contributed by atoms with Crippen molar-refractivity contribution in [3.05, 3.63) is 58.9 Å². The molecule has 1 aromatic heterocycles. The van der Waals surface area contributed by atoms with Gasteiger partial charge in [0.1, 0.15) is 5.75 Å². The summed E-state index contributed by atoms with van der Waals surface area (Å²) in [6.45, 7) is 2.11.